The largest absolute Gasteiger partial charge is 0.375 e. The molecule has 2 aromatic rings. The Morgan fingerprint density at radius 3 is 2.63 bits per heavy atom. The van der Waals surface area contributed by atoms with Crippen LogP contribution in [0.5, 0.6) is 0 Å². The van der Waals surface area contributed by atoms with Crippen molar-refractivity contribution in [3.63, 3.8) is 0 Å². The van der Waals surface area contributed by atoms with Gasteiger partial charge < -0.3 is 10.6 Å². The van der Waals surface area contributed by atoms with Crippen molar-refractivity contribution in [2.24, 2.45) is 16.8 Å². The van der Waals surface area contributed by atoms with Crippen LogP contribution in [-0.2, 0) is 6.54 Å². The fourth-order valence-corrected chi connectivity index (χ4v) is 3.81. The number of thiocarbonyl (C=S) groups is 1. The summed E-state index contributed by atoms with van der Waals surface area (Å²) in [6.45, 7) is 7.26. The molecule has 8 heteroatoms. The summed E-state index contributed by atoms with van der Waals surface area (Å²) in [4.78, 5) is 4.35. The predicted molar refractivity (Wildman–Crippen MR) is 122 cm³/mol. The van der Waals surface area contributed by atoms with E-state index in [1.807, 2.05) is 23.1 Å². The second kappa shape index (κ2) is 9.95. The molecule has 0 aliphatic carbocycles. The second-order valence-electron chi connectivity index (χ2n) is 7.78. The van der Waals surface area contributed by atoms with Crippen molar-refractivity contribution in [3.05, 3.63) is 65.2 Å². The monoisotopic (exact) mass is 431 g/mol. The van der Waals surface area contributed by atoms with Crippen LogP contribution >= 0.6 is 12.2 Å². The van der Waals surface area contributed by atoms with Crippen molar-refractivity contribution < 1.29 is 8.78 Å². The summed E-state index contributed by atoms with van der Waals surface area (Å²) in [5.74, 6) is -0.744. The van der Waals surface area contributed by atoms with Crippen LogP contribution in [0, 0.1) is 17.6 Å². The van der Waals surface area contributed by atoms with Crippen LogP contribution in [0.1, 0.15) is 25.0 Å². The van der Waals surface area contributed by atoms with Crippen molar-refractivity contribution >= 4 is 29.2 Å². The minimum atomic E-state index is -0.547. The lowest BCUT2D eigenvalue weighted by Gasteiger charge is -2.45. The number of piperazine rings is 1. The number of hydrazone groups is 1. The highest BCUT2D eigenvalue weighted by Gasteiger charge is 2.31. The van der Waals surface area contributed by atoms with E-state index in [4.69, 9.17) is 5.73 Å². The molecule has 1 heterocycles. The Kier molecular flexibility index (Phi) is 7.33. The van der Waals surface area contributed by atoms with E-state index in [1.54, 1.807) is 0 Å². The molecular formula is C22H27F2N5S. The number of nitrogens with two attached hydrogens (primary N) is 1. The van der Waals surface area contributed by atoms with Gasteiger partial charge in [-0.25, -0.2) is 8.78 Å². The maximum absolute atomic E-state index is 14.9. The quantitative estimate of drug-likeness (QED) is 0.417. The van der Waals surface area contributed by atoms with Gasteiger partial charge in [-0.05, 0) is 29.8 Å². The van der Waals surface area contributed by atoms with Crippen molar-refractivity contribution in [1.29, 1.82) is 0 Å². The molecule has 0 aromatic heterocycles. The van der Waals surface area contributed by atoms with Gasteiger partial charge in [-0.15, -0.1) is 0 Å². The lowest BCUT2D eigenvalue weighted by Crippen LogP contribution is -2.55. The van der Waals surface area contributed by atoms with E-state index in [2.05, 4.69) is 53.6 Å². The number of hydrogen-bond acceptors (Lipinski definition) is 4. The minimum absolute atomic E-state index is 0.0313. The number of halogens is 2. The predicted octanol–water partition coefficient (Wildman–Crippen LogP) is 3.48. The molecule has 2 aromatic carbocycles. The maximum atomic E-state index is 14.9. The molecule has 0 saturated carbocycles. The minimum Gasteiger partial charge on any atom is -0.375 e. The zero-order valence-corrected chi connectivity index (χ0v) is 18.0. The normalized spacial score (nSPS) is 17.6. The summed E-state index contributed by atoms with van der Waals surface area (Å²) in [7, 11) is 0. The number of anilines is 1. The smallest absolute Gasteiger partial charge is 0.184 e. The van der Waals surface area contributed by atoms with E-state index in [9.17, 15) is 8.78 Å². The molecule has 5 nitrogen and oxygen atoms in total. The molecule has 1 atom stereocenters. The lowest BCUT2D eigenvalue weighted by atomic mass is 9.97. The highest BCUT2D eigenvalue weighted by Crippen LogP contribution is 2.29. The molecule has 30 heavy (non-hydrogen) atoms. The standard InChI is InChI=1S/C22H27F2N5S/c1-15(2)21-14-28(13-16-6-4-3-5-7-16)8-9-29(21)20-11-18(23)17(10-19(20)24)12-26-27-22(25)30/h3-7,10-12,15,21H,8-9,13-14H2,1-2H3,(H3,25,27,30)/b26-12+. The van der Waals surface area contributed by atoms with Crippen LogP contribution < -0.4 is 16.1 Å². The van der Waals surface area contributed by atoms with E-state index >= 15 is 0 Å². The highest BCUT2D eigenvalue weighted by molar-refractivity contribution is 7.80. The molecule has 0 radical (unpaired) electrons. The van der Waals surface area contributed by atoms with Crippen LogP contribution in [0.3, 0.4) is 0 Å². The Hall–Kier alpha value is -2.58. The molecule has 1 aliphatic heterocycles. The zero-order valence-electron chi connectivity index (χ0n) is 17.2. The SMILES string of the molecule is CC(C)C1CN(Cc2ccccc2)CCN1c1cc(F)c(/C=N/NC(N)=S)cc1F. The molecule has 0 spiro atoms. The molecule has 160 valence electrons. The van der Waals surface area contributed by atoms with E-state index in [0.717, 1.165) is 25.7 Å². The number of hydrogen-bond donors (Lipinski definition) is 2. The Labute approximate surface area is 181 Å². The lowest BCUT2D eigenvalue weighted by molar-refractivity contribution is 0.192. The van der Waals surface area contributed by atoms with Gasteiger partial charge in [-0.2, -0.15) is 5.10 Å². The first-order chi connectivity index (χ1) is 14.3. The van der Waals surface area contributed by atoms with Crippen LogP contribution in [0.25, 0.3) is 0 Å². The first-order valence-corrected chi connectivity index (χ1v) is 10.4. The van der Waals surface area contributed by atoms with Gasteiger partial charge in [0, 0.05) is 43.9 Å². The number of benzene rings is 2. The molecule has 0 amide bonds. The van der Waals surface area contributed by atoms with Crippen molar-refractivity contribution in [2.45, 2.75) is 26.4 Å². The van der Waals surface area contributed by atoms with Gasteiger partial charge in [0.15, 0.2) is 5.11 Å². The van der Waals surface area contributed by atoms with Gasteiger partial charge in [0.25, 0.3) is 0 Å². The van der Waals surface area contributed by atoms with Gasteiger partial charge in [-0.3, -0.25) is 10.3 Å². The van der Waals surface area contributed by atoms with Gasteiger partial charge in [0.1, 0.15) is 11.6 Å². The van der Waals surface area contributed by atoms with E-state index in [0.29, 0.717) is 6.54 Å². The van der Waals surface area contributed by atoms with Crippen molar-refractivity contribution in [3.8, 4) is 0 Å². The Balaban J connectivity index is 1.78. The summed E-state index contributed by atoms with van der Waals surface area (Å²) in [5, 5.41) is 3.67. The third-order valence-electron chi connectivity index (χ3n) is 5.28. The van der Waals surface area contributed by atoms with E-state index in [-0.39, 0.29) is 28.3 Å². The molecule has 3 rings (SSSR count). The van der Waals surface area contributed by atoms with E-state index in [1.165, 1.54) is 17.8 Å². The second-order valence-corrected chi connectivity index (χ2v) is 8.22. The van der Waals surface area contributed by atoms with Gasteiger partial charge in [0.2, 0.25) is 0 Å². The molecular weight excluding hydrogens is 404 g/mol. The third-order valence-corrected chi connectivity index (χ3v) is 5.37. The highest BCUT2D eigenvalue weighted by atomic mass is 32.1. The maximum Gasteiger partial charge on any atom is 0.184 e. The fourth-order valence-electron chi connectivity index (χ4n) is 3.76. The van der Waals surface area contributed by atoms with E-state index < -0.39 is 11.6 Å². The first-order valence-electron chi connectivity index (χ1n) is 9.95. The van der Waals surface area contributed by atoms with Gasteiger partial charge in [-0.1, -0.05) is 44.2 Å². The number of rotatable bonds is 6. The summed E-state index contributed by atoms with van der Waals surface area (Å²) >= 11 is 4.64. The van der Waals surface area contributed by atoms with Crippen molar-refractivity contribution in [2.75, 3.05) is 24.5 Å². The molecule has 1 unspecified atom stereocenters. The fraction of sp³-hybridized carbons (Fsp3) is 0.364. The number of nitrogens with zero attached hydrogens (tertiary/aromatic N) is 3. The Bertz CT molecular complexity index is 904. The Morgan fingerprint density at radius 1 is 1.23 bits per heavy atom. The molecule has 1 aliphatic rings. The topological polar surface area (TPSA) is 56.9 Å². The number of nitrogens with one attached hydrogen (secondary N) is 1. The van der Waals surface area contributed by atoms with Crippen LogP contribution in [0.15, 0.2) is 47.6 Å². The average Bonchev–Trinajstić information content (AvgIpc) is 2.71. The Morgan fingerprint density at radius 2 is 1.97 bits per heavy atom. The summed E-state index contributed by atoms with van der Waals surface area (Å²) in [6, 6.07) is 12.8. The van der Waals surface area contributed by atoms with Gasteiger partial charge in [0.05, 0.1) is 11.9 Å². The summed E-state index contributed by atoms with van der Waals surface area (Å²) < 4.78 is 29.5. The third kappa shape index (κ3) is 5.52. The van der Waals surface area contributed by atoms with Crippen molar-refractivity contribution in [1.82, 2.24) is 10.3 Å². The molecule has 0 bridgehead atoms. The average molecular weight is 432 g/mol. The van der Waals surface area contributed by atoms with Gasteiger partial charge >= 0.3 is 0 Å². The zero-order chi connectivity index (χ0) is 21.7. The molecule has 3 N–H and O–H groups in total. The molecule has 1 fully saturated rings. The molecule has 1 saturated heterocycles. The van der Waals surface area contributed by atoms with Crippen LogP contribution in [0.2, 0.25) is 0 Å². The van der Waals surface area contributed by atoms with Crippen LogP contribution in [0.4, 0.5) is 14.5 Å². The summed E-state index contributed by atoms with van der Waals surface area (Å²) in [5.41, 5.74) is 9.18. The first kappa shape index (κ1) is 22.1. The van der Waals surface area contributed by atoms with Crippen LogP contribution in [-0.4, -0.2) is 41.9 Å². The summed E-state index contributed by atoms with van der Waals surface area (Å²) in [6.07, 6.45) is 1.17.